The van der Waals surface area contributed by atoms with Crippen molar-refractivity contribution in [1.29, 1.82) is 0 Å². The summed E-state index contributed by atoms with van der Waals surface area (Å²) in [5.41, 5.74) is -2.81. The molecule has 0 radical (unpaired) electrons. The number of halogens is 6. The lowest BCUT2D eigenvalue weighted by molar-refractivity contribution is -0.139. The Labute approximate surface area is 185 Å². The average molecular weight is 495 g/mol. The van der Waals surface area contributed by atoms with E-state index in [0.29, 0.717) is 18.6 Å². The van der Waals surface area contributed by atoms with Gasteiger partial charge in [-0.1, -0.05) is 12.1 Å². The van der Waals surface area contributed by atoms with Gasteiger partial charge in [-0.15, -0.1) is 0 Å². The quantitative estimate of drug-likeness (QED) is 0.616. The molecule has 33 heavy (non-hydrogen) atoms. The molecule has 2 aromatic rings. The highest BCUT2D eigenvalue weighted by molar-refractivity contribution is 7.91. The van der Waals surface area contributed by atoms with Gasteiger partial charge in [-0.2, -0.15) is 26.3 Å². The van der Waals surface area contributed by atoms with Gasteiger partial charge in [-0.3, -0.25) is 4.98 Å². The van der Waals surface area contributed by atoms with Gasteiger partial charge >= 0.3 is 18.4 Å². The molecule has 2 atom stereocenters. The van der Waals surface area contributed by atoms with E-state index in [9.17, 15) is 39.6 Å². The SMILES string of the molecule is O=C(NCC1CCS(=O)(=O)C1)NC(c1ccc(C(F)(F)F)cc1)c1ncccc1C(F)(F)F. The summed E-state index contributed by atoms with van der Waals surface area (Å²) in [5, 5.41) is 4.74. The molecule has 0 bridgehead atoms. The fourth-order valence-electron chi connectivity index (χ4n) is 3.51. The minimum absolute atomic E-state index is 0.0159. The number of hydrogen-bond donors (Lipinski definition) is 2. The second-order valence-electron chi connectivity index (χ2n) is 7.61. The summed E-state index contributed by atoms with van der Waals surface area (Å²) in [6.07, 6.45) is -8.07. The van der Waals surface area contributed by atoms with Crippen LogP contribution in [0.5, 0.6) is 0 Å². The van der Waals surface area contributed by atoms with Gasteiger partial charge in [-0.05, 0) is 42.2 Å². The third-order valence-corrected chi connectivity index (χ3v) is 6.98. The van der Waals surface area contributed by atoms with Crippen molar-refractivity contribution in [3.8, 4) is 0 Å². The first-order chi connectivity index (χ1) is 15.3. The molecule has 13 heteroatoms. The molecule has 2 heterocycles. The number of pyridine rings is 1. The van der Waals surface area contributed by atoms with Crippen LogP contribution in [0.15, 0.2) is 42.6 Å². The second kappa shape index (κ2) is 9.20. The third kappa shape index (κ3) is 6.36. The predicted octanol–water partition coefficient (Wildman–Crippen LogP) is 3.94. The Hall–Kier alpha value is -2.83. The van der Waals surface area contributed by atoms with E-state index < -0.39 is 51.1 Å². The molecule has 0 aliphatic carbocycles. The normalized spacial score (nSPS) is 19.2. The molecular formula is C20H19F6N3O3S. The maximum atomic E-state index is 13.5. The smallest absolute Gasteiger partial charge is 0.338 e. The van der Waals surface area contributed by atoms with Crippen LogP contribution in [-0.2, 0) is 22.2 Å². The van der Waals surface area contributed by atoms with Gasteiger partial charge in [0.15, 0.2) is 9.84 Å². The summed E-state index contributed by atoms with van der Waals surface area (Å²) in [6.45, 7) is -0.0286. The molecule has 3 rings (SSSR count). The van der Waals surface area contributed by atoms with E-state index in [1.54, 1.807) is 0 Å². The van der Waals surface area contributed by atoms with Crippen molar-refractivity contribution in [1.82, 2.24) is 15.6 Å². The molecule has 1 aliphatic rings. The fraction of sp³-hybridized carbons (Fsp3) is 0.400. The highest BCUT2D eigenvalue weighted by Crippen LogP contribution is 2.36. The molecule has 2 amide bonds. The number of sulfone groups is 1. The van der Waals surface area contributed by atoms with Gasteiger partial charge in [0.05, 0.1) is 34.4 Å². The molecule has 1 aromatic heterocycles. The molecule has 6 nitrogen and oxygen atoms in total. The van der Waals surface area contributed by atoms with Crippen LogP contribution in [-0.4, -0.2) is 37.5 Å². The van der Waals surface area contributed by atoms with Crippen molar-refractivity contribution in [3.63, 3.8) is 0 Å². The van der Waals surface area contributed by atoms with Gasteiger partial charge in [0.2, 0.25) is 0 Å². The van der Waals surface area contributed by atoms with E-state index in [0.717, 1.165) is 30.5 Å². The zero-order valence-electron chi connectivity index (χ0n) is 16.9. The highest BCUT2D eigenvalue weighted by atomic mass is 32.2. The highest BCUT2D eigenvalue weighted by Gasteiger charge is 2.37. The number of aromatic nitrogens is 1. The first-order valence-electron chi connectivity index (χ1n) is 9.70. The van der Waals surface area contributed by atoms with Crippen LogP contribution in [0.25, 0.3) is 0 Å². The topological polar surface area (TPSA) is 88.2 Å². The molecule has 2 N–H and O–H groups in total. The van der Waals surface area contributed by atoms with Crippen LogP contribution in [0, 0.1) is 5.92 Å². The largest absolute Gasteiger partial charge is 0.418 e. The van der Waals surface area contributed by atoms with Gasteiger partial charge in [0, 0.05) is 12.7 Å². The minimum Gasteiger partial charge on any atom is -0.338 e. The summed E-state index contributed by atoms with van der Waals surface area (Å²) in [4.78, 5) is 16.2. The van der Waals surface area contributed by atoms with E-state index in [4.69, 9.17) is 0 Å². The molecule has 0 spiro atoms. The van der Waals surface area contributed by atoms with E-state index in [2.05, 4.69) is 15.6 Å². The van der Waals surface area contributed by atoms with Gasteiger partial charge in [-0.25, -0.2) is 13.2 Å². The van der Waals surface area contributed by atoms with Crippen LogP contribution >= 0.6 is 0 Å². The van der Waals surface area contributed by atoms with E-state index >= 15 is 0 Å². The van der Waals surface area contributed by atoms with Crippen LogP contribution in [0.2, 0.25) is 0 Å². The maximum absolute atomic E-state index is 13.5. The number of alkyl halides is 6. The van der Waals surface area contributed by atoms with Crippen LogP contribution < -0.4 is 10.6 Å². The van der Waals surface area contributed by atoms with Gasteiger partial charge < -0.3 is 10.6 Å². The van der Waals surface area contributed by atoms with Crippen molar-refractivity contribution in [2.75, 3.05) is 18.1 Å². The van der Waals surface area contributed by atoms with E-state index in [1.807, 2.05) is 0 Å². The monoisotopic (exact) mass is 495 g/mol. The second-order valence-corrected chi connectivity index (χ2v) is 9.84. The Balaban J connectivity index is 1.87. The number of hydrogen-bond acceptors (Lipinski definition) is 4. The lowest BCUT2D eigenvalue weighted by Gasteiger charge is -2.23. The number of amides is 2. The summed E-state index contributed by atoms with van der Waals surface area (Å²) in [6, 6.07) is 2.70. The summed E-state index contributed by atoms with van der Waals surface area (Å²) in [7, 11) is -3.19. The number of nitrogens with zero attached hydrogens (tertiary/aromatic N) is 1. The summed E-state index contributed by atoms with van der Waals surface area (Å²) < 4.78 is 102. The lowest BCUT2D eigenvalue weighted by atomic mass is 9.98. The van der Waals surface area contributed by atoms with Crippen molar-refractivity contribution in [3.05, 3.63) is 65.0 Å². The molecule has 180 valence electrons. The van der Waals surface area contributed by atoms with Crippen LogP contribution in [0.4, 0.5) is 31.1 Å². The molecule has 1 saturated heterocycles. The Morgan fingerprint density at radius 1 is 1.06 bits per heavy atom. The standard InChI is InChI=1S/C20H19F6N3O3S/c21-19(22,23)14-5-3-13(4-6-14)16(17-15(20(24,25)26)2-1-8-27-17)29-18(30)28-10-12-7-9-33(31,32)11-12/h1-6,8,12,16H,7,9-11H2,(H2,28,29,30). The van der Waals surface area contributed by atoms with Gasteiger partial charge in [0.25, 0.3) is 0 Å². The Morgan fingerprint density at radius 3 is 2.27 bits per heavy atom. The Morgan fingerprint density at radius 2 is 1.73 bits per heavy atom. The van der Waals surface area contributed by atoms with Crippen molar-refractivity contribution >= 4 is 15.9 Å². The Bertz CT molecular complexity index is 1100. The summed E-state index contributed by atoms with van der Waals surface area (Å²) in [5.74, 6) is -0.475. The zero-order valence-corrected chi connectivity index (χ0v) is 17.7. The summed E-state index contributed by atoms with van der Waals surface area (Å²) >= 11 is 0. The molecular weight excluding hydrogens is 476 g/mol. The molecule has 1 fully saturated rings. The average Bonchev–Trinajstić information content (AvgIpc) is 3.08. The molecule has 2 unspecified atom stereocenters. The van der Waals surface area contributed by atoms with E-state index in [-0.39, 0.29) is 29.5 Å². The number of carbonyl (C=O) groups excluding carboxylic acids is 1. The number of carbonyl (C=O) groups is 1. The molecule has 1 aliphatic heterocycles. The Kier molecular flexibility index (Phi) is 6.91. The fourth-order valence-corrected chi connectivity index (χ4v) is 5.38. The van der Waals surface area contributed by atoms with E-state index in [1.165, 1.54) is 0 Å². The number of benzene rings is 1. The zero-order chi connectivity index (χ0) is 24.4. The first-order valence-corrected chi connectivity index (χ1v) is 11.5. The van der Waals surface area contributed by atoms with Crippen molar-refractivity contribution < 1.29 is 39.6 Å². The van der Waals surface area contributed by atoms with Gasteiger partial charge in [0.1, 0.15) is 0 Å². The third-order valence-electron chi connectivity index (χ3n) is 5.14. The lowest BCUT2D eigenvalue weighted by Crippen LogP contribution is -2.41. The number of nitrogens with one attached hydrogen (secondary N) is 2. The molecule has 1 aromatic carbocycles. The van der Waals surface area contributed by atoms with Crippen molar-refractivity contribution in [2.45, 2.75) is 24.8 Å². The molecule has 0 saturated carbocycles. The minimum atomic E-state index is -4.83. The number of urea groups is 1. The first kappa shape index (κ1) is 24.8. The van der Waals surface area contributed by atoms with Crippen LogP contribution in [0.3, 0.4) is 0 Å². The maximum Gasteiger partial charge on any atom is 0.418 e. The van der Waals surface area contributed by atoms with Crippen molar-refractivity contribution in [2.24, 2.45) is 5.92 Å². The van der Waals surface area contributed by atoms with Crippen LogP contribution in [0.1, 0.15) is 34.8 Å². The number of rotatable bonds is 5. The predicted molar refractivity (Wildman–Crippen MR) is 106 cm³/mol.